The highest BCUT2D eigenvalue weighted by molar-refractivity contribution is 5.93. The van der Waals surface area contributed by atoms with Crippen molar-refractivity contribution in [2.75, 3.05) is 13.1 Å². The summed E-state index contributed by atoms with van der Waals surface area (Å²) in [5.74, 6) is 1.68. The number of amides is 2. The predicted molar refractivity (Wildman–Crippen MR) is 102 cm³/mol. The minimum Gasteiger partial charge on any atom is -0.486 e. The monoisotopic (exact) mass is 370 g/mol. The Hall–Kier alpha value is -2.76. The van der Waals surface area contributed by atoms with Crippen LogP contribution in [0.3, 0.4) is 0 Å². The van der Waals surface area contributed by atoms with E-state index in [1.807, 2.05) is 62.1 Å². The van der Waals surface area contributed by atoms with Crippen LogP contribution < -0.4 is 10.1 Å². The molecule has 2 heterocycles. The van der Waals surface area contributed by atoms with E-state index in [4.69, 9.17) is 9.15 Å². The third-order valence-electron chi connectivity index (χ3n) is 4.71. The first-order valence-corrected chi connectivity index (χ1v) is 9.29. The van der Waals surface area contributed by atoms with Gasteiger partial charge in [-0.3, -0.25) is 9.59 Å². The Labute approximate surface area is 159 Å². The van der Waals surface area contributed by atoms with Gasteiger partial charge in [-0.15, -0.1) is 0 Å². The highest BCUT2D eigenvalue weighted by Crippen LogP contribution is 2.21. The largest absolute Gasteiger partial charge is 0.486 e. The molecule has 27 heavy (non-hydrogen) atoms. The zero-order valence-electron chi connectivity index (χ0n) is 16.0. The number of benzene rings is 1. The highest BCUT2D eigenvalue weighted by Gasteiger charge is 2.31. The number of carbonyl (C=O) groups is 2. The molecule has 6 nitrogen and oxygen atoms in total. The van der Waals surface area contributed by atoms with E-state index in [9.17, 15) is 9.59 Å². The minimum absolute atomic E-state index is 0.139. The zero-order chi connectivity index (χ0) is 19.4. The second kappa shape index (κ2) is 8.29. The van der Waals surface area contributed by atoms with Gasteiger partial charge < -0.3 is 19.4 Å². The quantitative estimate of drug-likeness (QED) is 0.813. The summed E-state index contributed by atoms with van der Waals surface area (Å²) in [6.45, 7) is 7.25. The summed E-state index contributed by atoms with van der Waals surface area (Å²) < 4.78 is 11.3. The molecule has 0 saturated carbocycles. The molecule has 1 aliphatic rings. The molecule has 0 unspecified atom stereocenters. The number of nitrogens with one attached hydrogen (secondary N) is 1. The van der Waals surface area contributed by atoms with Crippen molar-refractivity contribution in [3.63, 3.8) is 0 Å². The fraction of sp³-hybridized carbons (Fsp3) is 0.429. The van der Waals surface area contributed by atoms with Crippen LogP contribution in [0.5, 0.6) is 5.75 Å². The average molecular weight is 370 g/mol. The van der Waals surface area contributed by atoms with Crippen LogP contribution in [0.15, 0.2) is 40.8 Å². The lowest BCUT2D eigenvalue weighted by molar-refractivity contribution is -0.129. The van der Waals surface area contributed by atoms with Crippen LogP contribution >= 0.6 is 0 Å². The van der Waals surface area contributed by atoms with Crippen LogP contribution in [-0.4, -0.2) is 35.8 Å². The number of carbonyl (C=O) groups excluding carboxylic acids is 2. The number of ether oxygens (including phenoxy) is 1. The molecule has 2 amide bonds. The molecule has 2 aromatic rings. The Morgan fingerprint density at radius 1 is 1.33 bits per heavy atom. The predicted octanol–water partition coefficient (Wildman–Crippen LogP) is 3.15. The second-order valence-electron chi connectivity index (χ2n) is 7.25. The topological polar surface area (TPSA) is 71.8 Å². The fourth-order valence-corrected chi connectivity index (χ4v) is 3.28. The summed E-state index contributed by atoms with van der Waals surface area (Å²) in [6.07, 6.45) is 0.478. The maximum atomic E-state index is 12.5. The molecule has 1 atom stereocenters. The summed E-state index contributed by atoms with van der Waals surface area (Å²) in [5, 5.41) is 2.90. The molecule has 0 spiro atoms. The van der Waals surface area contributed by atoms with E-state index >= 15 is 0 Å². The first-order valence-electron chi connectivity index (χ1n) is 9.29. The smallest absolute Gasteiger partial charge is 0.287 e. The Balaban J connectivity index is 1.53. The number of rotatable bonds is 7. The maximum Gasteiger partial charge on any atom is 0.287 e. The van der Waals surface area contributed by atoms with E-state index in [1.165, 1.54) is 0 Å². The first-order chi connectivity index (χ1) is 12.9. The van der Waals surface area contributed by atoms with Gasteiger partial charge in [0.15, 0.2) is 5.76 Å². The number of hydrogen-bond acceptors (Lipinski definition) is 4. The SMILES string of the molecule is Cc1cc(COc2ccccc2)oc1C(=O)NC[C@H]1CC(=O)N(C(C)C)C1. The van der Waals surface area contributed by atoms with Gasteiger partial charge in [0.1, 0.15) is 18.1 Å². The first kappa shape index (κ1) is 19.0. The summed E-state index contributed by atoms with van der Waals surface area (Å²) >= 11 is 0. The molecule has 0 radical (unpaired) electrons. The standard InChI is InChI=1S/C21H26N2O4/c1-14(2)23-12-16(10-19(23)24)11-22-21(25)20-15(3)9-18(27-20)13-26-17-7-5-4-6-8-17/h4-9,14,16H,10-13H2,1-3H3,(H,22,25)/t16-/m1/s1. The van der Waals surface area contributed by atoms with Crippen molar-refractivity contribution in [2.45, 2.75) is 39.8 Å². The van der Waals surface area contributed by atoms with Crippen molar-refractivity contribution < 1.29 is 18.7 Å². The maximum absolute atomic E-state index is 12.5. The molecule has 1 fully saturated rings. The van der Waals surface area contributed by atoms with Gasteiger partial charge in [-0.2, -0.15) is 0 Å². The number of furan rings is 1. The Morgan fingerprint density at radius 3 is 2.74 bits per heavy atom. The molecule has 3 rings (SSSR count). The lowest BCUT2D eigenvalue weighted by atomic mass is 10.1. The molecule has 144 valence electrons. The van der Waals surface area contributed by atoms with Crippen molar-refractivity contribution >= 4 is 11.8 Å². The molecule has 0 bridgehead atoms. The van der Waals surface area contributed by atoms with E-state index in [0.29, 0.717) is 31.0 Å². The van der Waals surface area contributed by atoms with Crippen LogP contribution in [0.4, 0.5) is 0 Å². The third-order valence-corrected chi connectivity index (χ3v) is 4.71. The number of aryl methyl sites for hydroxylation is 1. The molecule has 1 aromatic heterocycles. The molecule has 0 aliphatic carbocycles. The molecule has 1 N–H and O–H groups in total. The van der Waals surface area contributed by atoms with Crippen LogP contribution in [0.1, 0.15) is 42.1 Å². The Morgan fingerprint density at radius 2 is 2.07 bits per heavy atom. The molecular formula is C21H26N2O4. The average Bonchev–Trinajstić information content (AvgIpc) is 3.21. The van der Waals surface area contributed by atoms with Gasteiger partial charge in [0.05, 0.1) is 0 Å². The van der Waals surface area contributed by atoms with Crippen LogP contribution in [-0.2, 0) is 11.4 Å². The van der Waals surface area contributed by atoms with Crippen LogP contribution in [0.25, 0.3) is 0 Å². The van der Waals surface area contributed by atoms with Crippen molar-refractivity contribution in [1.82, 2.24) is 10.2 Å². The van der Waals surface area contributed by atoms with E-state index in [-0.39, 0.29) is 30.4 Å². The van der Waals surface area contributed by atoms with Gasteiger partial charge in [0, 0.05) is 37.0 Å². The van der Waals surface area contributed by atoms with Crippen molar-refractivity contribution in [2.24, 2.45) is 5.92 Å². The van der Waals surface area contributed by atoms with Crippen LogP contribution in [0, 0.1) is 12.8 Å². The number of hydrogen-bond donors (Lipinski definition) is 1. The summed E-state index contributed by atoms with van der Waals surface area (Å²) in [5.41, 5.74) is 0.769. The number of likely N-dealkylation sites (tertiary alicyclic amines) is 1. The lowest BCUT2D eigenvalue weighted by Gasteiger charge is -2.21. The molecule has 1 aliphatic heterocycles. The summed E-state index contributed by atoms with van der Waals surface area (Å²) in [7, 11) is 0. The van der Waals surface area contributed by atoms with Gasteiger partial charge in [0.25, 0.3) is 5.91 Å². The van der Waals surface area contributed by atoms with Gasteiger partial charge >= 0.3 is 0 Å². The van der Waals surface area contributed by atoms with Gasteiger partial charge in [0.2, 0.25) is 5.91 Å². The number of nitrogens with zero attached hydrogens (tertiary/aromatic N) is 1. The Kier molecular flexibility index (Phi) is 5.84. The fourth-order valence-electron chi connectivity index (χ4n) is 3.28. The van der Waals surface area contributed by atoms with E-state index in [0.717, 1.165) is 11.3 Å². The van der Waals surface area contributed by atoms with Crippen molar-refractivity contribution in [3.8, 4) is 5.75 Å². The highest BCUT2D eigenvalue weighted by atomic mass is 16.5. The van der Waals surface area contributed by atoms with Crippen LogP contribution in [0.2, 0.25) is 0 Å². The van der Waals surface area contributed by atoms with Crippen molar-refractivity contribution in [3.05, 3.63) is 53.5 Å². The van der Waals surface area contributed by atoms with Gasteiger partial charge in [-0.25, -0.2) is 0 Å². The minimum atomic E-state index is -0.256. The molecule has 1 aromatic carbocycles. The zero-order valence-corrected chi connectivity index (χ0v) is 16.0. The normalized spacial score (nSPS) is 16.8. The summed E-state index contributed by atoms with van der Waals surface area (Å²) in [6, 6.07) is 11.5. The number of para-hydroxylation sites is 1. The van der Waals surface area contributed by atoms with Crippen molar-refractivity contribution in [1.29, 1.82) is 0 Å². The third kappa shape index (κ3) is 4.70. The van der Waals surface area contributed by atoms with Gasteiger partial charge in [-0.1, -0.05) is 18.2 Å². The second-order valence-corrected chi connectivity index (χ2v) is 7.25. The lowest BCUT2D eigenvalue weighted by Crippen LogP contribution is -2.34. The summed E-state index contributed by atoms with van der Waals surface area (Å²) in [4.78, 5) is 26.3. The van der Waals surface area contributed by atoms with E-state index in [1.54, 1.807) is 0 Å². The molecule has 6 heteroatoms. The Bertz CT molecular complexity index is 798. The van der Waals surface area contributed by atoms with E-state index < -0.39 is 0 Å². The van der Waals surface area contributed by atoms with E-state index in [2.05, 4.69) is 5.32 Å². The molecular weight excluding hydrogens is 344 g/mol. The molecule has 1 saturated heterocycles. The van der Waals surface area contributed by atoms with Gasteiger partial charge in [-0.05, 0) is 39.0 Å².